The first-order chi connectivity index (χ1) is 11.9. The Hall–Kier alpha value is -2.47. The van der Waals surface area contributed by atoms with Gasteiger partial charge >= 0.3 is 11.9 Å². The van der Waals surface area contributed by atoms with Crippen LogP contribution in [-0.4, -0.2) is 35.1 Å². The summed E-state index contributed by atoms with van der Waals surface area (Å²) in [6, 6.07) is 7.01. The van der Waals surface area contributed by atoms with Crippen LogP contribution < -0.4 is 0 Å². The molecule has 0 amide bonds. The van der Waals surface area contributed by atoms with E-state index in [0.717, 1.165) is 5.56 Å². The highest BCUT2D eigenvalue weighted by atomic mass is 35.5. The van der Waals surface area contributed by atoms with Gasteiger partial charge in [0.15, 0.2) is 0 Å². The molecule has 2 aromatic rings. The molecule has 0 atom stereocenters. The molecule has 0 N–H and O–H groups in total. The second-order valence-electron chi connectivity index (χ2n) is 5.36. The number of nitrogens with zero attached hydrogens (tertiary/aromatic N) is 2. The molecular formula is C18H19ClN2O4. The van der Waals surface area contributed by atoms with Crippen molar-refractivity contribution in [2.24, 2.45) is 0 Å². The minimum absolute atomic E-state index is 0.137. The largest absolute Gasteiger partial charge is 0.465 e. The van der Waals surface area contributed by atoms with E-state index in [4.69, 9.17) is 21.1 Å². The number of carbonyl (C=O) groups excluding carboxylic acids is 2. The summed E-state index contributed by atoms with van der Waals surface area (Å²) in [4.78, 5) is 33.5. The number of carbonyl (C=O) groups is 2. The Balaban J connectivity index is 2.50. The number of halogens is 1. The van der Waals surface area contributed by atoms with Crippen LogP contribution >= 0.6 is 11.6 Å². The fraction of sp³-hybridized carbons (Fsp3) is 0.333. The summed E-state index contributed by atoms with van der Waals surface area (Å²) in [5.41, 5.74) is -0.263. The van der Waals surface area contributed by atoms with Crippen LogP contribution in [0.2, 0.25) is 5.02 Å². The summed E-state index contributed by atoms with van der Waals surface area (Å²) >= 11 is 5.90. The quantitative estimate of drug-likeness (QED) is 0.580. The number of hydrogen-bond donors (Lipinski definition) is 0. The molecule has 25 heavy (non-hydrogen) atoms. The molecule has 1 aromatic heterocycles. The molecule has 0 saturated heterocycles. The van der Waals surface area contributed by atoms with Crippen LogP contribution in [0.25, 0.3) is 11.3 Å². The van der Waals surface area contributed by atoms with E-state index < -0.39 is 17.4 Å². The summed E-state index contributed by atoms with van der Waals surface area (Å²) in [5, 5.41) is 0.593. The first-order valence-electron chi connectivity index (χ1n) is 7.86. The van der Waals surface area contributed by atoms with E-state index in [0.29, 0.717) is 10.7 Å². The fourth-order valence-electron chi connectivity index (χ4n) is 2.21. The zero-order chi connectivity index (χ0) is 18.4. The van der Waals surface area contributed by atoms with Gasteiger partial charge in [-0.25, -0.2) is 4.98 Å². The molecule has 0 spiro atoms. The first kappa shape index (κ1) is 18.9. The Bertz CT molecular complexity index is 744. The molecule has 1 aromatic carbocycles. The molecule has 0 aliphatic heterocycles. The van der Waals surface area contributed by atoms with E-state index >= 15 is 0 Å². The van der Waals surface area contributed by atoms with E-state index in [9.17, 15) is 9.59 Å². The maximum atomic E-state index is 12.5. The van der Waals surface area contributed by atoms with Gasteiger partial charge in [0.2, 0.25) is 5.41 Å². The molecule has 0 fully saturated rings. The van der Waals surface area contributed by atoms with Crippen molar-refractivity contribution in [2.45, 2.75) is 26.2 Å². The summed E-state index contributed by atoms with van der Waals surface area (Å²) < 4.78 is 10.1. The van der Waals surface area contributed by atoms with E-state index in [1.165, 1.54) is 13.1 Å². The molecule has 0 unspecified atom stereocenters. The summed E-state index contributed by atoms with van der Waals surface area (Å²) in [7, 11) is 0. The van der Waals surface area contributed by atoms with Gasteiger partial charge in [0, 0.05) is 10.6 Å². The van der Waals surface area contributed by atoms with E-state index in [1.807, 2.05) is 0 Å². The Morgan fingerprint density at radius 1 is 1.04 bits per heavy atom. The number of esters is 2. The smallest absolute Gasteiger partial charge is 0.329 e. The van der Waals surface area contributed by atoms with Crippen molar-refractivity contribution in [1.82, 2.24) is 9.97 Å². The Morgan fingerprint density at radius 3 is 2.12 bits per heavy atom. The standard InChI is InChI=1S/C18H19ClN2O4/c1-4-24-16(22)18(3,17(23)25-5-2)15-11-20-10-14(21-15)12-6-8-13(19)9-7-12/h6-11H,4-5H2,1-3H3. The van der Waals surface area contributed by atoms with Gasteiger partial charge in [0.05, 0.1) is 37.0 Å². The van der Waals surface area contributed by atoms with Crippen molar-refractivity contribution in [3.8, 4) is 11.3 Å². The zero-order valence-corrected chi connectivity index (χ0v) is 15.0. The average Bonchev–Trinajstić information content (AvgIpc) is 2.62. The lowest BCUT2D eigenvalue weighted by Gasteiger charge is -2.24. The zero-order valence-electron chi connectivity index (χ0n) is 14.3. The van der Waals surface area contributed by atoms with Crippen LogP contribution in [0.15, 0.2) is 36.7 Å². The number of hydrogen-bond acceptors (Lipinski definition) is 6. The molecule has 0 aliphatic rings. The lowest BCUT2D eigenvalue weighted by atomic mass is 9.86. The highest BCUT2D eigenvalue weighted by molar-refractivity contribution is 6.30. The van der Waals surface area contributed by atoms with Gasteiger partial charge in [-0.05, 0) is 32.9 Å². The van der Waals surface area contributed by atoms with Crippen molar-refractivity contribution in [1.29, 1.82) is 0 Å². The van der Waals surface area contributed by atoms with Crippen LogP contribution in [0.5, 0.6) is 0 Å². The molecule has 2 rings (SSSR count). The van der Waals surface area contributed by atoms with E-state index in [-0.39, 0.29) is 18.9 Å². The van der Waals surface area contributed by atoms with Crippen LogP contribution in [0.1, 0.15) is 26.5 Å². The molecule has 7 heteroatoms. The lowest BCUT2D eigenvalue weighted by Crippen LogP contribution is -2.44. The number of benzene rings is 1. The van der Waals surface area contributed by atoms with Crippen molar-refractivity contribution >= 4 is 23.5 Å². The van der Waals surface area contributed by atoms with Crippen LogP contribution in [0.3, 0.4) is 0 Å². The predicted molar refractivity (Wildman–Crippen MR) is 93.1 cm³/mol. The maximum absolute atomic E-state index is 12.5. The summed E-state index contributed by atoms with van der Waals surface area (Å²) in [5.74, 6) is -1.45. The van der Waals surface area contributed by atoms with Gasteiger partial charge in [-0.3, -0.25) is 14.6 Å². The molecule has 0 radical (unpaired) electrons. The third kappa shape index (κ3) is 3.96. The normalized spacial score (nSPS) is 11.0. The molecule has 0 saturated carbocycles. The van der Waals surface area contributed by atoms with Crippen molar-refractivity contribution < 1.29 is 19.1 Å². The minimum Gasteiger partial charge on any atom is -0.465 e. The second-order valence-corrected chi connectivity index (χ2v) is 5.80. The van der Waals surface area contributed by atoms with E-state index in [1.54, 1.807) is 44.3 Å². The van der Waals surface area contributed by atoms with E-state index in [2.05, 4.69) is 9.97 Å². The molecule has 6 nitrogen and oxygen atoms in total. The summed E-state index contributed by atoms with van der Waals surface area (Å²) in [6.45, 7) is 5.04. The minimum atomic E-state index is -1.69. The number of aromatic nitrogens is 2. The van der Waals surface area contributed by atoms with Crippen molar-refractivity contribution in [3.63, 3.8) is 0 Å². The highest BCUT2D eigenvalue weighted by Gasteiger charge is 2.48. The van der Waals surface area contributed by atoms with Gasteiger partial charge in [-0.1, -0.05) is 23.7 Å². The van der Waals surface area contributed by atoms with Crippen molar-refractivity contribution in [2.75, 3.05) is 13.2 Å². The first-order valence-corrected chi connectivity index (χ1v) is 8.24. The second kappa shape index (κ2) is 8.07. The molecular weight excluding hydrogens is 344 g/mol. The van der Waals surface area contributed by atoms with Gasteiger partial charge < -0.3 is 9.47 Å². The summed E-state index contributed by atoms with van der Waals surface area (Å²) in [6.07, 6.45) is 2.91. The fourth-order valence-corrected chi connectivity index (χ4v) is 2.34. The molecule has 0 bridgehead atoms. The molecule has 1 heterocycles. The number of ether oxygens (including phenoxy) is 2. The third-order valence-electron chi connectivity index (χ3n) is 3.65. The van der Waals surface area contributed by atoms with Crippen LogP contribution in [0, 0.1) is 0 Å². The third-order valence-corrected chi connectivity index (χ3v) is 3.91. The Morgan fingerprint density at radius 2 is 1.60 bits per heavy atom. The van der Waals surface area contributed by atoms with Crippen LogP contribution in [-0.2, 0) is 24.5 Å². The predicted octanol–water partition coefficient (Wildman–Crippen LogP) is 3.18. The van der Waals surface area contributed by atoms with Crippen molar-refractivity contribution in [3.05, 3.63) is 47.4 Å². The lowest BCUT2D eigenvalue weighted by molar-refractivity contribution is -0.164. The SMILES string of the molecule is CCOC(=O)C(C)(C(=O)OCC)c1cncc(-c2ccc(Cl)cc2)n1. The van der Waals surface area contributed by atoms with Gasteiger partial charge in [0.1, 0.15) is 0 Å². The molecule has 0 aliphatic carbocycles. The average molecular weight is 363 g/mol. The van der Waals surface area contributed by atoms with Gasteiger partial charge in [0.25, 0.3) is 0 Å². The topological polar surface area (TPSA) is 78.4 Å². The maximum Gasteiger partial charge on any atom is 0.329 e. The van der Waals surface area contributed by atoms with Gasteiger partial charge in [-0.2, -0.15) is 0 Å². The van der Waals surface area contributed by atoms with Gasteiger partial charge in [-0.15, -0.1) is 0 Å². The number of rotatable bonds is 6. The molecule has 132 valence electrons. The monoisotopic (exact) mass is 362 g/mol. The Kier molecular flexibility index (Phi) is 6.09. The Labute approximate surface area is 151 Å². The highest BCUT2D eigenvalue weighted by Crippen LogP contribution is 2.28. The van der Waals surface area contributed by atoms with Crippen LogP contribution in [0.4, 0.5) is 0 Å².